The lowest BCUT2D eigenvalue weighted by atomic mass is 9.98. The average Bonchev–Trinajstić information content (AvgIpc) is 2.54. The standard InChI is InChI=1S/C19H28N2O3/c1-6-10-19(5,23-11-7-2)18(22)21-17-9-8-16(24-14(3)4)12-15(17)13-20/h8-9,12,14H,6-7,10-11H2,1-5H3,(H,21,22)/t19-/m1/s1. The van der Waals surface area contributed by atoms with E-state index in [1.165, 1.54) is 0 Å². The summed E-state index contributed by atoms with van der Waals surface area (Å²) in [4.78, 5) is 12.7. The third kappa shape index (κ3) is 5.54. The Morgan fingerprint density at radius 2 is 2.04 bits per heavy atom. The number of nitrogens with one attached hydrogen (secondary N) is 1. The van der Waals surface area contributed by atoms with Crippen LogP contribution in [-0.4, -0.2) is 24.2 Å². The molecule has 1 atom stereocenters. The normalized spacial score (nSPS) is 13.2. The highest BCUT2D eigenvalue weighted by Crippen LogP contribution is 2.25. The van der Waals surface area contributed by atoms with Crippen LogP contribution in [0, 0.1) is 11.3 Å². The minimum absolute atomic E-state index is 0.0206. The number of carbonyl (C=O) groups is 1. The van der Waals surface area contributed by atoms with Crippen molar-refractivity contribution in [1.82, 2.24) is 0 Å². The molecule has 1 rings (SSSR count). The molecule has 0 spiro atoms. The number of benzene rings is 1. The Balaban J connectivity index is 2.97. The van der Waals surface area contributed by atoms with Gasteiger partial charge in [0.15, 0.2) is 0 Å². The number of rotatable bonds is 9. The van der Waals surface area contributed by atoms with Gasteiger partial charge in [-0.3, -0.25) is 4.79 Å². The van der Waals surface area contributed by atoms with Gasteiger partial charge in [-0.05, 0) is 45.7 Å². The van der Waals surface area contributed by atoms with E-state index in [0.717, 1.165) is 12.8 Å². The average molecular weight is 332 g/mol. The van der Waals surface area contributed by atoms with Gasteiger partial charge in [0.25, 0.3) is 5.91 Å². The fourth-order valence-corrected chi connectivity index (χ4v) is 2.38. The van der Waals surface area contributed by atoms with E-state index < -0.39 is 5.60 Å². The number of hydrogen-bond donors (Lipinski definition) is 1. The Morgan fingerprint density at radius 3 is 2.58 bits per heavy atom. The van der Waals surface area contributed by atoms with Crippen molar-refractivity contribution in [2.24, 2.45) is 0 Å². The zero-order chi connectivity index (χ0) is 18.2. The Morgan fingerprint density at radius 1 is 1.33 bits per heavy atom. The summed E-state index contributed by atoms with van der Waals surface area (Å²) in [6, 6.07) is 7.19. The second-order valence-electron chi connectivity index (χ2n) is 6.27. The molecule has 1 aromatic rings. The third-order valence-corrected chi connectivity index (χ3v) is 3.56. The van der Waals surface area contributed by atoms with Crippen molar-refractivity contribution < 1.29 is 14.3 Å². The summed E-state index contributed by atoms with van der Waals surface area (Å²) in [5.74, 6) is 0.380. The molecule has 1 aromatic carbocycles. The molecule has 132 valence electrons. The van der Waals surface area contributed by atoms with Gasteiger partial charge in [0.1, 0.15) is 17.4 Å². The van der Waals surface area contributed by atoms with Crippen LogP contribution in [0.2, 0.25) is 0 Å². The molecule has 0 aromatic heterocycles. The Bertz CT molecular complexity index is 593. The molecule has 0 bridgehead atoms. The van der Waals surface area contributed by atoms with Crippen molar-refractivity contribution in [3.8, 4) is 11.8 Å². The van der Waals surface area contributed by atoms with Gasteiger partial charge in [0.2, 0.25) is 0 Å². The van der Waals surface area contributed by atoms with Gasteiger partial charge in [-0.2, -0.15) is 5.26 Å². The maximum atomic E-state index is 12.7. The summed E-state index contributed by atoms with van der Waals surface area (Å²) in [6.07, 6.45) is 2.32. The van der Waals surface area contributed by atoms with E-state index in [4.69, 9.17) is 9.47 Å². The molecule has 0 aliphatic carbocycles. The lowest BCUT2D eigenvalue weighted by Crippen LogP contribution is -2.43. The van der Waals surface area contributed by atoms with E-state index in [1.54, 1.807) is 25.1 Å². The number of ether oxygens (including phenoxy) is 2. The number of amides is 1. The number of nitrogens with zero attached hydrogens (tertiary/aromatic N) is 1. The lowest BCUT2D eigenvalue weighted by Gasteiger charge is -2.28. The molecule has 0 radical (unpaired) electrons. The first-order chi connectivity index (χ1) is 11.4. The summed E-state index contributed by atoms with van der Waals surface area (Å²) >= 11 is 0. The number of hydrogen-bond acceptors (Lipinski definition) is 4. The second-order valence-corrected chi connectivity index (χ2v) is 6.27. The highest BCUT2D eigenvalue weighted by atomic mass is 16.5. The SMILES string of the molecule is CCCO[C@](C)(CCC)C(=O)Nc1ccc(OC(C)C)cc1C#N. The van der Waals surface area contributed by atoms with Gasteiger partial charge in [0.05, 0.1) is 17.4 Å². The Kier molecular flexibility index (Phi) is 7.73. The first-order valence-electron chi connectivity index (χ1n) is 8.52. The fourth-order valence-electron chi connectivity index (χ4n) is 2.38. The zero-order valence-electron chi connectivity index (χ0n) is 15.3. The van der Waals surface area contributed by atoms with Crippen LogP contribution >= 0.6 is 0 Å². The molecule has 0 fully saturated rings. The molecule has 1 amide bonds. The maximum Gasteiger partial charge on any atom is 0.256 e. The summed E-state index contributed by atoms with van der Waals surface area (Å²) in [7, 11) is 0. The van der Waals surface area contributed by atoms with Crippen molar-refractivity contribution in [1.29, 1.82) is 5.26 Å². The second kappa shape index (κ2) is 9.29. The highest BCUT2D eigenvalue weighted by molar-refractivity contribution is 5.98. The summed E-state index contributed by atoms with van der Waals surface area (Å²) in [5.41, 5.74) is -0.0539. The van der Waals surface area contributed by atoms with E-state index in [9.17, 15) is 10.1 Å². The predicted molar refractivity (Wildman–Crippen MR) is 95.1 cm³/mol. The van der Waals surface area contributed by atoms with Gasteiger partial charge >= 0.3 is 0 Å². The van der Waals surface area contributed by atoms with Gasteiger partial charge in [-0.25, -0.2) is 0 Å². The van der Waals surface area contributed by atoms with Crippen LogP contribution in [0.3, 0.4) is 0 Å². The molecular weight excluding hydrogens is 304 g/mol. The first kappa shape index (κ1) is 20.0. The van der Waals surface area contributed by atoms with E-state index in [-0.39, 0.29) is 12.0 Å². The molecule has 5 nitrogen and oxygen atoms in total. The molecule has 0 aliphatic rings. The van der Waals surface area contributed by atoms with Crippen molar-refractivity contribution in [2.75, 3.05) is 11.9 Å². The van der Waals surface area contributed by atoms with Gasteiger partial charge in [-0.1, -0.05) is 20.3 Å². The van der Waals surface area contributed by atoms with Crippen LogP contribution in [-0.2, 0) is 9.53 Å². The smallest absolute Gasteiger partial charge is 0.256 e. The summed E-state index contributed by atoms with van der Waals surface area (Å²) in [6.45, 7) is 10.2. The molecule has 0 unspecified atom stereocenters. The molecule has 0 saturated carbocycles. The van der Waals surface area contributed by atoms with Crippen molar-refractivity contribution >= 4 is 11.6 Å². The number of anilines is 1. The van der Waals surface area contributed by atoms with E-state index >= 15 is 0 Å². The summed E-state index contributed by atoms with van der Waals surface area (Å²) in [5, 5.41) is 12.2. The van der Waals surface area contributed by atoms with Crippen LogP contribution in [0.4, 0.5) is 5.69 Å². The minimum Gasteiger partial charge on any atom is -0.491 e. The fraction of sp³-hybridized carbons (Fsp3) is 0.579. The van der Waals surface area contributed by atoms with E-state index in [1.807, 2.05) is 27.7 Å². The molecule has 1 N–H and O–H groups in total. The lowest BCUT2D eigenvalue weighted by molar-refractivity contribution is -0.140. The quantitative estimate of drug-likeness (QED) is 0.733. The molecule has 5 heteroatoms. The molecule has 0 saturated heterocycles. The van der Waals surface area contributed by atoms with Gasteiger partial charge < -0.3 is 14.8 Å². The molecule has 0 aliphatic heterocycles. The van der Waals surface area contributed by atoms with Crippen molar-refractivity contribution in [3.63, 3.8) is 0 Å². The van der Waals surface area contributed by atoms with Gasteiger partial charge in [0, 0.05) is 12.7 Å². The van der Waals surface area contributed by atoms with Crippen LogP contribution in [0.15, 0.2) is 18.2 Å². The Hall–Kier alpha value is -2.06. The van der Waals surface area contributed by atoms with Crippen molar-refractivity contribution in [3.05, 3.63) is 23.8 Å². The van der Waals surface area contributed by atoms with Crippen molar-refractivity contribution in [2.45, 2.75) is 65.6 Å². The van der Waals surface area contributed by atoms with Crippen LogP contribution in [0.25, 0.3) is 0 Å². The molecular formula is C19H28N2O3. The number of carbonyl (C=O) groups excluding carboxylic acids is 1. The third-order valence-electron chi connectivity index (χ3n) is 3.56. The highest BCUT2D eigenvalue weighted by Gasteiger charge is 2.33. The number of nitriles is 1. The van der Waals surface area contributed by atoms with Gasteiger partial charge in [-0.15, -0.1) is 0 Å². The largest absolute Gasteiger partial charge is 0.491 e. The van der Waals surface area contributed by atoms with E-state index in [0.29, 0.717) is 30.0 Å². The molecule has 24 heavy (non-hydrogen) atoms. The maximum absolute atomic E-state index is 12.7. The first-order valence-corrected chi connectivity index (χ1v) is 8.52. The Labute approximate surface area is 145 Å². The van der Waals surface area contributed by atoms with Crippen LogP contribution in [0.5, 0.6) is 5.75 Å². The van der Waals surface area contributed by atoms with Crippen LogP contribution < -0.4 is 10.1 Å². The van der Waals surface area contributed by atoms with Crippen LogP contribution in [0.1, 0.15) is 59.4 Å². The zero-order valence-corrected chi connectivity index (χ0v) is 15.3. The minimum atomic E-state index is -0.898. The topological polar surface area (TPSA) is 71.3 Å². The molecule has 0 heterocycles. The summed E-state index contributed by atoms with van der Waals surface area (Å²) < 4.78 is 11.4. The predicted octanol–water partition coefficient (Wildman–Crippen LogP) is 4.27. The monoisotopic (exact) mass is 332 g/mol. The van der Waals surface area contributed by atoms with E-state index in [2.05, 4.69) is 11.4 Å².